The molecule has 8 heteroatoms. The monoisotopic (exact) mass is 386 g/mol. The molecule has 0 atom stereocenters. The van der Waals surface area contributed by atoms with Crippen molar-refractivity contribution in [1.82, 2.24) is 9.97 Å². The van der Waals surface area contributed by atoms with Crippen LogP contribution in [0.2, 0.25) is 0 Å². The average molecular weight is 386 g/mol. The molecule has 1 amide bonds. The van der Waals surface area contributed by atoms with Crippen LogP contribution in [-0.4, -0.2) is 15.9 Å². The summed E-state index contributed by atoms with van der Waals surface area (Å²) >= 11 is 0. The number of nitrogens with one attached hydrogen (secondary N) is 2. The number of aryl methyl sites for hydroxylation is 1. The standard InChI is InChI=1S/C20H17F3N4O/c1-2-13-5-3-4-6-16(13)26-18(28)17-11-12-24-19(27-17)25-15-9-7-14(8-10-15)20(21,22)23/h3-12H,2H2,1H3,(H,26,28)(H,24,25,27). The minimum Gasteiger partial charge on any atom is -0.324 e. The van der Waals surface area contributed by atoms with Gasteiger partial charge in [-0.25, -0.2) is 9.97 Å². The molecule has 1 aromatic heterocycles. The normalized spacial score (nSPS) is 11.1. The molecule has 0 saturated heterocycles. The van der Waals surface area contributed by atoms with E-state index in [1.807, 2.05) is 25.1 Å². The highest BCUT2D eigenvalue weighted by Gasteiger charge is 2.29. The topological polar surface area (TPSA) is 66.9 Å². The van der Waals surface area contributed by atoms with Gasteiger partial charge in [0.15, 0.2) is 0 Å². The van der Waals surface area contributed by atoms with E-state index in [0.29, 0.717) is 11.4 Å². The van der Waals surface area contributed by atoms with Crippen molar-refractivity contribution in [3.8, 4) is 0 Å². The van der Waals surface area contributed by atoms with Gasteiger partial charge in [0.1, 0.15) is 5.69 Å². The fourth-order valence-corrected chi connectivity index (χ4v) is 2.55. The number of anilines is 3. The maximum atomic E-state index is 12.6. The Balaban J connectivity index is 1.74. The molecule has 0 saturated carbocycles. The van der Waals surface area contributed by atoms with Crippen LogP contribution in [0.5, 0.6) is 0 Å². The van der Waals surface area contributed by atoms with Gasteiger partial charge < -0.3 is 10.6 Å². The summed E-state index contributed by atoms with van der Waals surface area (Å²) in [6.45, 7) is 1.99. The van der Waals surface area contributed by atoms with Crippen LogP contribution in [-0.2, 0) is 12.6 Å². The molecule has 0 radical (unpaired) electrons. The molecule has 2 aromatic carbocycles. The zero-order valence-electron chi connectivity index (χ0n) is 14.9. The van der Waals surface area contributed by atoms with Crippen LogP contribution in [0, 0.1) is 0 Å². The third-order valence-electron chi connectivity index (χ3n) is 4.00. The molecule has 2 N–H and O–H groups in total. The maximum absolute atomic E-state index is 12.6. The van der Waals surface area contributed by atoms with Gasteiger partial charge in [0, 0.05) is 17.6 Å². The fourth-order valence-electron chi connectivity index (χ4n) is 2.55. The van der Waals surface area contributed by atoms with Crippen LogP contribution in [0.4, 0.5) is 30.5 Å². The van der Waals surface area contributed by atoms with E-state index in [1.54, 1.807) is 6.07 Å². The Morgan fingerprint density at radius 1 is 1.04 bits per heavy atom. The Labute approximate surface area is 159 Å². The molecule has 0 aliphatic heterocycles. The van der Waals surface area contributed by atoms with Crippen LogP contribution in [0.1, 0.15) is 28.5 Å². The van der Waals surface area contributed by atoms with E-state index >= 15 is 0 Å². The van der Waals surface area contributed by atoms with E-state index in [9.17, 15) is 18.0 Å². The van der Waals surface area contributed by atoms with Crippen molar-refractivity contribution in [2.24, 2.45) is 0 Å². The summed E-state index contributed by atoms with van der Waals surface area (Å²) in [5, 5.41) is 5.61. The van der Waals surface area contributed by atoms with Crippen molar-refractivity contribution < 1.29 is 18.0 Å². The summed E-state index contributed by atoms with van der Waals surface area (Å²) in [7, 11) is 0. The molecule has 0 fully saturated rings. The molecule has 144 valence electrons. The van der Waals surface area contributed by atoms with Gasteiger partial charge in [0.25, 0.3) is 5.91 Å². The molecule has 0 bridgehead atoms. The van der Waals surface area contributed by atoms with Gasteiger partial charge in [-0.2, -0.15) is 13.2 Å². The van der Waals surface area contributed by atoms with Crippen molar-refractivity contribution in [3.05, 3.63) is 77.6 Å². The highest BCUT2D eigenvalue weighted by molar-refractivity contribution is 6.03. The number of benzene rings is 2. The maximum Gasteiger partial charge on any atom is 0.416 e. The number of para-hydroxylation sites is 1. The first kappa shape index (κ1) is 19.3. The van der Waals surface area contributed by atoms with E-state index in [2.05, 4.69) is 20.6 Å². The zero-order valence-corrected chi connectivity index (χ0v) is 14.9. The van der Waals surface area contributed by atoms with Crippen LogP contribution < -0.4 is 10.6 Å². The predicted octanol–water partition coefficient (Wildman–Crippen LogP) is 5.05. The van der Waals surface area contributed by atoms with Gasteiger partial charge >= 0.3 is 6.18 Å². The number of aromatic nitrogens is 2. The molecule has 3 aromatic rings. The Morgan fingerprint density at radius 2 is 1.75 bits per heavy atom. The summed E-state index contributed by atoms with van der Waals surface area (Å²) in [5.41, 5.74) is 1.46. The minimum atomic E-state index is -4.40. The number of amides is 1. The smallest absolute Gasteiger partial charge is 0.324 e. The first-order valence-electron chi connectivity index (χ1n) is 8.53. The number of nitrogens with zero attached hydrogens (tertiary/aromatic N) is 2. The van der Waals surface area contributed by atoms with Crippen LogP contribution in [0.3, 0.4) is 0 Å². The highest BCUT2D eigenvalue weighted by atomic mass is 19.4. The number of carbonyl (C=O) groups excluding carboxylic acids is 1. The van der Waals surface area contributed by atoms with E-state index in [0.717, 1.165) is 24.1 Å². The molecule has 1 heterocycles. The van der Waals surface area contributed by atoms with E-state index < -0.39 is 17.6 Å². The fraction of sp³-hybridized carbons (Fsp3) is 0.150. The van der Waals surface area contributed by atoms with Gasteiger partial charge in [0.05, 0.1) is 5.56 Å². The van der Waals surface area contributed by atoms with Crippen LogP contribution in [0.25, 0.3) is 0 Å². The predicted molar refractivity (Wildman–Crippen MR) is 101 cm³/mol. The second-order valence-corrected chi connectivity index (χ2v) is 5.93. The molecular weight excluding hydrogens is 369 g/mol. The van der Waals surface area contributed by atoms with Crippen molar-refractivity contribution in [2.45, 2.75) is 19.5 Å². The second kappa shape index (κ2) is 8.08. The number of alkyl halides is 3. The Kier molecular flexibility index (Phi) is 5.58. The summed E-state index contributed by atoms with van der Waals surface area (Å²) in [6, 6.07) is 13.4. The average Bonchev–Trinajstić information content (AvgIpc) is 2.68. The van der Waals surface area contributed by atoms with E-state index in [1.165, 1.54) is 24.4 Å². The zero-order chi connectivity index (χ0) is 20.1. The number of rotatable bonds is 5. The first-order valence-corrected chi connectivity index (χ1v) is 8.53. The highest BCUT2D eigenvalue weighted by Crippen LogP contribution is 2.30. The number of carbonyl (C=O) groups is 1. The number of hydrogen-bond donors (Lipinski definition) is 2. The van der Waals surface area contributed by atoms with Crippen molar-refractivity contribution in [1.29, 1.82) is 0 Å². The summed E-state index contributed by atoms with van der Waals surface area (Å²) in [4.78, 5) is 20.6. The Bertz CT molecular complexity index is 972. The lowest BCUT2D eigenvalue weighted by molar-refractivity contribution is -0.137. The molecule has 5 nitrogen and oxygen atoms in total. The van der Waals surface area contributed by atoms with E-state index in [4.69, 9.17) is 0 Å². The summed E-state index contributed by atoms with van der Waals surface area (Å²) in [6.07, 6.45) is -2.23. The van der Waals surface area contributed by atoms with Gasteiger partial charge in [-0.05, 0) is 48.4 Å². The lowest BCUT2D eigenvalue weighted by Gasteiger charge is -2.11. The summed E-state index contributed by atoms with van der Waals surface area (Å²) < 4.78 is 37.9. The molecule has 0 unspecified atom stereocenters. The quantitative estimate of drug-likeness (QED) is 0.644. The molecule has 0 aliphatic rings. The lowest BCUT2D eigenvalue weighted by Crippen LogP contribution is -2.15. The third kappa shape index (κ3) is 4.64. The number of hydrogen-bond acceptors (Lipinski definition) is 4. The second-order valence-electron chi connectivity index (χ2n) is 5.93. The molecule has 28 heavy (non-hydrogen) atoms. The van der Waals surface area contributed by atoms with Gasteiger partial charge in [-0.1, -0.05) is 25.1 Å². The van der Waals surface area contributed by atoms with Crippen molar-refractivity contribution in [2.75, 3.05) is 10.6 Å². The van der Waals surface area contributed by atoms with Crippen molar-refractivity contribution >= 4 is 23.2 Å². The Morgan fingerprint density at radius 3 is 2.43 bits per heavy atom. The lowest BCUT2D eigenvalue weighted by atomic mass is 10.1. The van der Waals surface area contributed by atoms with Crippen molar-refractivity contribution in [3.63, 3.8) is 0 Å². The largest absolute Gasteiger partial charge is 0.416 e. The van der Waals surface area contributed by atoms with Gasteiger partial charge in [0.2, 0.25) is 5.95 Å². The van der Waals surface area contributed by atoms with Crippen LogP contribution in [0.15, 0.2) is 60.8 Å². The summed E-state index contributed by atoms with van der Waals surface area (Å²) in [5.74, 6) is -0.296. The third-order valence-corrected chi connectivity index (χ3v) is 4.00. The van der Waals surface area contributed by atoms with Gasteiger partial charge in [-0.3, -0.25) is 4.79 Å². The first-order chi connectivity index (χ1) is 13.4. The Hall–Kier alpha value is -3.42. The van der Waals surface area contributed by atoms with Crippen LogP contribution >= 0.6 is 0 Å². The molecular formula is C20H17F3N4O. The SMILES string of the molecule is CCc1ccccc1NC(=O)c1ccnc(Nc2ccc(C(F)(F)F)cc2)n1. The van der Waals surface area contributed by atoms with Gasteiger partial charge in [-0.15, -0.1) is 0 Å². The molecule has 0 spiro atoms. The van der Waals surface area contributed by atoms with E-state index in [-0.39, 0.29) is 11.6 Å². The minimum absolute atomic E-state index is 0.108. The molecule has 3 rings (SSSR count). The molecule has 0 aliphatic carbocycles. The number of halogens is 3.